The Labute approximate surface area is 173 Å². The highest BCUT2D eigenvalue weighted by molar-refractivity contribution is 7.22. The Morgan fingerprint density at radius 2 is 1.89 bits per heavy atom. The van der Waals surface area contributed by atoms with Gasteiger partial charge in [0.1, 0.15) is 0 Å². The van der Waals surface area contributed by atoms with Crippen LogP contribution >= 0.6 is 22.9 Å². The van der Waals surface area contributed by atoms with Gasteiger partial charge in [-0.15, -0.1) is 0 Å². The normalized spacial score (nSPS) is 12.9. The van der Waals surface area contributed by atoms with Gasteiger partial charge >= 0.3 is 5.97 Å². The molecule has 2 N–H and O–H groups in total. The number of aryl methyl sites for hydroxylation is 1. The van der Waals surface area contributed by atoms with Gasteiger partial charge in [-0.1, -0.05) is 35.1 Å². The van der Waals surface area contributed by atoms with Crippen molar-refractivity contribution in [1.29, 1.82) is 0 Å². The van der Waals surface area contributed by atoms with Crippen molar-refractivity contribution in [2.24, 2.45) is 0 Å². The fraction of sp³-hybridized carbons (Fsp3) is 0.333. The topological polar surface area (TPSA) is 74.4 Å². The van der Waals surface area contributed by atoms with Gasteiger partial charge in [-0.3, -0.25) is 0 Å². The van der Waals surface area contributed by atoms with Gasteiger partial charge in [0.15, 0.2) is 11.2 Å². The lowest BCUT2D eigenvalue weighted by Gasteiger charge is -2.28. The van der Waals surface area contributed by atoms with Crippen LogP contribution in [0.15, 0.2) is 30.3 Å². The Kier molecular flexibility index (Phi) is 5.66. The number of nitrogens with two attached hydrogens (primary N) is 1. The van der Waals surface area contributed by atoms with E-state index < -0.39 is 17.7 Å². The minimum atomic E-state index is -0.886. The van der Waals surface area contributed by atoms with Gasteiger partial charge in [0.2, 0.25) is 0 Å². The molecular formula is C21H23ClN2O3S. The first kappa shape index (κ1) is 20.6. The highest BCUT2D eigenvalue weighted by Gasteiger charge is 2.33. The lowest BCUT2D eigenvalue weighted by molar-refractivity contribution is -0.164. The molecule has 0 saturated carbocycles. The fourth-order valence-corrected chi connectivity index (χ4v) is 4.17. The molecule has 0 aliphatic carbocycles. The Balaban J connectivity index is 2.36. The molecule has 1 heterocycles. The monoisotopic (exact) mass is 418 g/mol. The van der Waals surface area contributed by atoms with Crippen molar-refractivity contribution in [2.45, 2.75) is 39.4 Å². The minimum Gasteiger partial charge on any atom is -0.467 e. The van der Waals surface area contributed by atoms with E-state index in [1.807, 2.05) is 58.0 Å². The smallest absolute Gasteiger partial charge is 0.339 e. The van der Waals surface area contributed by atoms with Crippen LogP contribution in [0.25, 0.3) is 21.3 Å². The van der Waals surface area contributed by atoms with E-state index in [-0.39, 0.29) is 0 Å². The number of carbonyl (C=O) groups is 1. The maximum absolute atomic E-state index is 12.7. The van der Waals surface area contributed by atoms with Crippen LogP contribution in [0.3, 0.4) is 0 Å². The zero-order chi connectivity index (χ0) is 20.6. The van der Waals surface area contributed by atoms with Crippen molar-refractivity contribution >= 4 is 44.3 Å². The van der Waals surface area contributed by atoms with Crippen LogP contribution in [0.5, 0.6) is 0 Å². The predicted octanol–water partition coefficient (Wildman–Crippen LogP) is 5.54. The van der Waals surface area contributed by atoms with Crippen molar-refractivity contribution in [3.05, 3.63) is 46.5 Å². The van der Waals surface area contributed by atoms with E-state index in [2.05, 4.69) is 4.98 Å². The molecule has 3 rings (SSSR count). The molecule has 2 aromatic carbocycles. The second-order valence-electron chi connectivity index (χ2n) is 7.52. The van der Waals surface area contributed by atoms with Crippen molar-refractivity contribution in [3.63, 3.8) is 0 Å². The molecule has 0 spiro atoms. The van der Waals surface area contributed by atoms with E-state index in [0.29, 0.717) is 10.2 Å². The molecule has 3 aromatic rings. The number of nitrogen functional groups attached to an aromatic ring is 1. The number of nitrogens with zero attached hydrogens (tertiary/aromatic N) is 1. The van der Waals surface area contributed by atoms with Gasteiger partial charge in [-0.25, -0.2) is 9.78 Å². The zero-order valence-corrected chi connectivity index (χ0v) is 18.1. The average Bonchev–Trinajstić information content (AvgIpc) is 2.97. The summed E-state index contributed by atoms with van der Waals surface area (Å²) in [6.07, 6.45) is -0.886. The molecule has 1 aromatic heterocycles. The summed E-state index contributed by atoms with van der Waals surface area (Å²) in [7, 11) is 1.36. The third kappa shape index (κ3) is 4.14. The maximum Gasteiger partial charge on any atom is 0.339 e. The van der Waals surface area contributed by atoms with Gasteiger partial charge in [0, 0.05) is 16.1 Å². The SMILES string of the molecule is COC(=O)C(OC(C)(C)C)c1c(C)cc2nc(N)sc2c1-c1ccc(Cl)cc1. The van der Waals surface area contributed by atoms with Crippen LogP contribution in [0, 0.1) is 6.92 Å². The van der Waals surface area contributed by atoms with Crippen LogP contribution < -0.4 is 5.73 Å². The third-order valence-electron chi connectivity index (χ3n) is 4.23. The summed E-state index contributed by atoms with van der Waals surface area (Å²) in [6.45, 7) is 7.65. The number of ether oxygens (including phenoxy) is 2. The Hall–Kier alpha value is -2.15. The standard InChI is InChI=1S/C21H23ClN2O3S/c1-11-10-14-18(28-20(23)24-14)16(12-6-8-13(22)9-7-12)15(11)17(19(25)26-5)27-21(2,3)4/h6-10,17H,1-5H3,(H2,23,24). The van der Waals surface area contributed by atoms with E-state index in [4.69, 9.17) is 26.8 Å². The second-order valence-corrected chi connectivity index (χ2v) is 8.99. The van der Waals surface area contributed by atoms with Crippen molar-refractivity contribution < 1.29 is 14.3 Å². The number of halogens is 1. The summed E-state index contributed by atoms with van der Waals surface area (Å²) < 4.78 is 12.1. The number of hydrogen-bond donors (Lipinski definition) is 1. The summed E-state index contributed by atoms with van der Waals surface area (Å²) in [5.41, 5.74) is 9.62. The number of fused-ring (bicyclic) bond motifs is 1. The molecule has 28 heavy (non-hydrogen) atoms. The number of thiazole rings is 1. The molecular weight excluding hydrogens is 396 g/mol. The molecule has 148 valence electrons. The summed E-state index contributed by atoms with van der Waals surface area (Å²) >= 11 is 7.47. The molecule has 0 aliphatic rings. The molecule has 0 amide bonds. The fourth-order valence-electron chi connectivity index (χ4n) is 3.15. The molecule has 0 radical (unpaired) electrons. The van der Waals surface area contributed by atoms with Crippen LogP contribution in [-0.2, 0) is 14.3 Å². The third-order valence-corrected chi connectivity index (χ3v) is 5.40. The van der Waals surface area contributed by atoms with Crippen LogP contribution in [-0.4, -0.2) is 23.7 Å². The molecule has 1 atom stereocenters. The van der Waals surface area contributed by atoms with Crippen molar-refractivity contribution in [1.82, 2.24) is 4.98 Å². The quantitative estimate of drug-likeness (QED) is 0.563. The summed E-state index contributed by atoms with van der Waals surface area (Å²) in [6, 6.07) is 9.40. The molecule has 0 saturated heterocycles. The average molecular weight is 419 g/mol. The van der Waals surface area contributed by atoms with E-state index in [0.717, 1.165) is 32.5 Å². The molecule has 0 bridgehead atoms. The lowest BCUT2D eigenvalue weighted by Crippen LogP contribution is -2.29. The first-order chi connectivity index (χ1) is 13.1. The molecule has 0 aliphatic heterocycles. The van der Waals surface area contributed by atoms with Crippen molar-refractivity contribution in [2.75, 3.05) is 12.8 Å². The van der Waals surface area contributed by atoms with Crippen LogP contribution in [0.4, 0.5) is 5.13 Å². The summed E-state index contributed by atoms with van der Waals surface area (Å²) in [4.78, 5) is 17.1. The highest BCUT2D eigenvalue weighted by Crippen LogP contribution is 2.43. The Bertz CT molecular complexity index is 1020. The highest BCUT2D eigenvalue weighted by atomic mass is 35.5. The van der Waals surface area contributed by atoms with Crippen LogP contribution in [0.2, 0.25) is 5.02 Å². The zero-order valence-electron chi connectivity index (χ0n) is 16.5. The van der Waals surface area contributed by atoms with Gasteiger partial charge in [0.05, 0.1) is 22.9 Å². The molecule has 5 nitrogen and oxygen atoms in total. The van der Waals surface area contributed by atoms with Crippen molar-refractivity contribution in [3.8, 4) is 11.1 Å². The van der Waals surface area contributed by atoms with E-state index in [9.17, 15) is 4.79 Å². The van der Waals surface area contributed by atoms with Gasteiger partial charge in [-0.2, -0.15) is 0 Å². The first-order valence-corrected chi connectivity index (χ1v) is 10.0. The van der Waals surface area contributed by atoms with Crippen LogP contribution in [0.1, 0.15) is 38.0 Å². The minimum absolute atomic E-state index is 0.454. The number of carbonyl (C=O) groups excluding carboxylic acids is 1. The lowest BCUT2D eigenvalue weighted by atomic mass is 9.91. The summed E-state index contributed by atoms with van der Waals surface area (Å²) in [5, 5.41) is 1.10. The number of hydrogen-bond acceptors (Lipinski definition) is 6. The maximum atomic E-state index is 12.7. The number of esters is 1. The number of anilines is 1. The van der Waals surface area contributed by atoms with E-state index >= 15 is 0 Å². The number of benzene rings is 2. The number of rotatable bonds is 4. The second kappa shape index (κ2) is 7.70. The Morgan fingerprint density at radius 1 is 1.25 bits per heavy atom. The predicted molar refractivity (Wildman–Crippen MR) is 115 cm³/mol. The van der Waals surface area contributed by atoms with Gasteiger partial charge in [-0.05, 0) is 57.0 Å². The molecule has 0 fully saturated rings. The number of aromatic nitrogens is 1. The largest absolute Gasteiger partial charge is 0.467 e. The number of methoxy groups -OCH3 is 1. The van der Waals surface area contributed by atoms with Gasteiger partial charge in [0.25, 0.3) is 0 Å². The summed E-state index contributed by atoms with van der Waals surface area (Å²) in [5.74, 6) is -0.454. The first-order valence-electron chi connectivity index (χ1n) is 8.82. The van der Waals surface area contributed by atoms with E-state index in [1.54, 1.807) is 0 Å². The molecule has 7 heteroatoms. The Morgan fingerprint density at radius 3 is 2.46 bits per heavy atom. The van der Waals surface area contributed by atoms with Gasteiger partial charge < -0.3 is 15.2 Å². The van der Waals surface area contributed by atoms with E-state index in [1.165, 1.54) is 18.4 Å². The molecule has 1 unspecified atom stereocenters.